The molecule has 5 nitrogen and oxygen atoms in total. The quantitative estimate of drug-likeness (QED) is 0.873. The van der Waals surface area contributed by atoms with Crippen molar-refractivity contribution in [2.24, 2.45) is 0 Å². The van der Waals surface area contributed by atoms with Crippen LogP contribution in [0.3, 0.4) is 0 Å². The zero-order valence-electron chi connectivity index (χ0n) is 12.7. The lowest BCUT2D eigenvalue weighted by molar-refractivity contribution is -0.0643. The molecular formula is C17H15FN2O3. The van der Waals surface area contributed by atoms with E-state index in [0.29, 0.717) is 16.9 Å². The normalized spacial score (nSPS) is 21.9. The van der Waals surface area contributed by atoms with Crippen molar-refractivity contribution >= 4 is 0 Å². The number of halogens is 1. The Labute approximate surface area is 132 Å². The highest BCUT2D eigenvalue weighted by molar-refractivity contribution is 5.46. The number of aliphatic hydroxyl groups is 1. The Morgan fingerprint density at radius 1 is 1.35 bits per heavy atom. The summed E-state index contributed by atoms with van der Waals surface area (Å²) in [6.45, 7) is 3.42. The van der Waals surface area contributed by atoms with Crippen LogP contribution in [0, 0.1) is 17.1 Å². The number of benzene rings is 1. The van der Waals surface area contributed by atoms with E-state index in [9.17, 15) is 14.3 Å². The van der Waals surface area contributed by atoms with Gasteiger partial charge in [0.15, 0.2) is 0 Å². The number of aliphatic hydroxyl groups excluding tert-OH is 1. The van der Waals surface area contributed by atoms with Crippen LogP contribution >= 0.6 is 0 Å². The first-order valence-corrected chi connectivity index (χ1v) is 7.12. The fraction of sp³-hybridized carbons (Fsp3) is 0.294. The summed E-state index contributed by atoms with van der Waals surface area (Å²) in [6, 6.07) is 8.10. The number of hydrogen-bond acceptors (Lipinski definition) is 4. The Morgan fingerprint density at radius 2 is 2.09 bits per heavy atom. The van der Waals surface area contributed by atoms with Crippen LogP contribution in [-0.2, 0) is 0 Å². The number of pyridine rings is 1. The Hall–Kier alpha value is -2.65. The van der Waals surface area contributed by atoms with Gasteiger partial charge < -0.3 is 14.4 Å². The van der Waals surface area contributed by atoms with E-state index in [0.717, 1.165) is 12.1 Å². The smallest absolute Gasteiger partial charge is 0.254 e. The van der Waals surface area contributed by atoms with Gasteiger partial charge in [-0.3, -0.25) is 4.79 Å². The molecule has 1 aliphatic rings. The number of aromatic nitrogens is 1. The SMILES string of the molecule is CC1(C)Oc2ccc(C#N)cc2[C@H](n2ccc(F)cc2=O)[C@H]1O. The predicted octanol–water partition coefficient (Wildman–Crippen LogP) is 1.98. The van der Waals surface area contributed by atoms with Gasteiger partial charge in [-0.25, -0.2) is 4.39 Å². The second kappa shape index (κ2) is 5.21. The molecule has 0 amide bonds. The molecular weight excluding hydrogens is 299 g/mol. The molecule has 1 aliphatic heterocycles. The maximum atomic E-state index is 13.2. The van der Waals surface area contributed by atoms with E-state index in [4.69, 9.17) is 10.00 Å². The Morgan fingerprint density at radius 3 is 2.74 bits per heavy atom. The van der Waals surface area contributed by atoms with Crippen LogP contribution in [-0.4, -0.2) is 21.4 Å². The molecule has 2 heterocycles. The van der Waals surface area contributed by atoms with Crippen molar-refractivity contribution in [1.82, 2.24) is 4.57 Å². The van der Waals surface area contributed by atoms with E-state index in [1.165, 1.54) is 10.8 Å². The Kier molecular flexibility index (Phi) is 3.46. The maximum absolute atomic E-state index is 13.2. The van der Waals surface area contributed by atoms with Crippen LogP contribution in [0.2, 0.25) is 0 Å². The number of rotatable bonds is 1. The molecule has 3 rings (SSSR count). The van der Waals surface area contributed by atoms with Crippen molar-refractivity contribution in [3.63, 3.8) is 0 Å². The number of fused-ring (bicyclic) bond motifs is 1. The van der Waals surface area contributed by atoms with Gasteiger partial charge in [0.1, 0.15) is 23.3 Å². The third-order valence-electron chi connectivity index (χ3n) is 4.05. The van der Waals surface area contributed by atoms with Crippen molar-refractivity contribution in [3.8, 4) is 11.8 Å². The number of ether oxygens (including phenoxy) is 1. The molecule has 0 spiro atoms. The second-order valence-electron chi connectivity index (χ2n) is 6.05. The summed E-state index contributed by atoms with van der Waals surface area (Å²) in [5.41, 5.74) is -0.608. The highest BCUT2D eigenvalue weighted by Gasteiger charge is 2.44. The first-order valence-electron chi connectivity index (χ1n) is 7.12. The average Bonchev–Trinajstić information content (AvgIpc) is 2.49. The van der Waals surface area contributed by atoms with Crippen molar-refractivity contribution < 1.29 is 14.2 Å². The minimum Gasteiger partial charge on any atom is -0.485 e. The van der Waals surface area contributed by atoms with E-state index in [2.05, 4.69) is 0 Å². The summed E-state index contributed by atoms with van der Waals surface area (Å²) in [5, 5.41) is 19.8. The summed E-state index contributed by atoms with van der Waals surface area (Å²) in [4.78, 5) is 12.2. The molecule has 0 aliphatic carbocycles. The lowest BCUT2D eigenvalue weighted by atomic mass is 9.85. The fourth-order valence-electron chi connectivity index (χ4n) is 2.83. The monoisotopic (exact) mass is 314 g/mol. The topological polar surface area (TPSA) is 75.2 Å². The van der Waals surface area contributed by atoms with Gasteiger partial charge in [-0.2, -0.15) is 5.26 Å². The van der Waals surface area contributed by atoms with E-state index in [1.807, 2.05) is 6.07 Å². The van der Waals surface area contributed by atoms with Crippen LogP contribution < -0.4 is 10.3 Å². The molecule has 0 saturated heterocycles. The number of nitriles is 1. The highest BCUT2D eigenvalue weighted by atomic mass is 19.1. The van der Waals surface area contributed by atoms with Gasteiger partial charge in [0.2, 0.25) is 0 Å². The van der Waals surface area contributed by atoms with Crippen molar-refractivity contribution in [1.29, 1.82) is 5.26 Å². The number of nitrogens with zero attached hydrogens (tertiary/aromatic N) is 2. The van der Waals surface area contributed by atoms with E-state index in [-0.39, 0.29) is 0 Å². The summed E-state index contributed by atoms with van der Waals surface area (Å²) in [6.07, 6.45) is 0.252. The Bertz CT molecular complexity index is 867. The molecule has 0 unspecified atom stereocenters. The molecule has 0 bridgehead atoms. The van der Waals surface area contributed by atoms with E-state index >= 15 is 0 Å². The molecule has 2 aromatic rings. The Balaban J connectivity index is 2.26. The van der Waals surface area contributed by atoms with Crippen LogP contribution in [0.1, 0.15) is 31.0 Å². The molecule has 0 saturated carbocycles. The van der Waals surface area contributed by atoms with Crippen LogP contribution in [0.25, 0.3) is 0 Å². The van der Waals surface area contributed by atoms with Crippen molar-refractivity contribution in [2.75, 3.05) is 0 Å². The summed E-state index contributed by atoms with van der Waals surface area (Å²) in [7, 11) is 0. The highest BCUT2D eigenvalue weighted by Crippen LogP contribution is 2.41. The van der Waals surface area contributed by atoms with Gasteiger partial charge >= 0.3 is 0 Å². The minimum atomic E-state index is -1.05. The summed E-state index contributed by atoms with van der Waals surface area (Å²) in [5.74, 6) is -0.154. The number of hydrogen-bond donors (Lipinski definition) is 1. The van der Waals surface area contributed by atoms with Gasteiger partial charge in [0, 0.05) is 17.8 Å². The first kappa shape index (κ1) is 15.3. The average molecular weight is 314 g/mol. The largest absolute Gasteiger partial charge is 0.485 e. The van der Waals surface area contributed by atoms with Gasteiger partial charge in [-0.05, 0) is 38.1 Å². The second-order valence-corrected chi connectivity index (χ2v) is 6.05. The molecule has 118 valence electrons. The minimum absolute atomic E-state index is 0.388. The third kappa shape index (κ3) is 2.49. The molecule has 0 fully saturated rings. The fourth-order valence-corrected chi connectivity index (χ4v) is 2.83. The van der Waals surface area contributed by atoms with Crippen LogP contribution in [0.15, 0.2) is 41.3 Å². The molecule has 23 heavy (non-hydrogen) atoms. The molecule has 6 heteroatoms. The van der Waals surface area contributed by atoms with Crippen molar-refractivity contribution in [3.05, 3.63) is 63.8 Å². The molecule has 0 radical (unpaired) electrons. The van der Waals surface area contributed by atoms with Gasteiger partial charge in [0.05, 0.1) is 17.7 Å². The lowest BCUT2D eigenvalue weighted by Gasteiger charge is -2.42. The first-order chi connectivity index (χ1) is 10.8. The van der Waals surface area contributed by atoms with Gasteiger partial charge in [0.25, 0.3) is 5.56 Å². The summed E-state index contributed by atoms with van der Waals surface area (Å²) < 4.78 is 20.3. The maximum Gasteiger partial charge on any atom is 0.254 e. The van der Waals surface area contributed by atoms with Gasteiger partial charge in [-0.1, -0.05) is 0 Å². The molecule has 1 aromatic carbocycles. The van der Waals surface area contributed by atoms with Crippen molar-refractivity contribution in [2.45, 2.75) is 31.6 Å². The summed E-state index contributed by atoms with van der Waals surface area (Å²) >= 11 is 0. The van der Waals surface area contributed by atoms with Gasteiger partial charge in [-0.15, -0.1) is 0 Å². The zero-order chi connectivity index (χ0) is 16.8. The molecule has 1 aromatic heterocycles. The predicted molar refractivity (Wildman–Crippen MR) is 80.7 cm³/mol. The molecule has 1 N–H and O–H groups in total. The van der Waals surface area contributed by atoms with Crippen LogP contribution in [0.5, 0.6) is 5.75 Å². The standard InChI is InChI=1S/C17H15FN2O3/c1-17(2)16(22)15(20-6-5-11(18)8-14(20)21)12-7-10(9-19)3-4-13(12)23-17/h3-8,15-16,22H,1-2H3/t15-,16+/m0/s1. The lowest BCUT2D eigenvalue weighted by Crippen LogP contribution is -2.52. The van der Waals surface area contributed by atoms with E-state index in [1.54, 1.807) is 32.0 Å². The van der Waals surface area contributed by atoms with E-state index < -0.39 is 29.1 Å². The van der Waals surface area contributed by atoms with Crippen LogP contribution in [0.4, 0.5) is 4.39 Å². The zero-order valence-corrected chi connectivity index (χ0v) is 12.7. The molecule has 2 atom stereocenters. The third-order valence-corrected chi connectivity index (χ3v) is 4.05.